The summed E-state index contributed by atoms with van der Waals surface area (Å²) in [7, 11) is 0. The Balaban J connectivity index is 1.38. The molecular weight excluding hydrogens is 300 g/mol. The number of rotatable bonds is 7. The highest BCUT2D eigenvalue weighted by Crippen LogP contribution is 2.26. The number of hydrogen-bond donors (Lipinski definition) is 2. The standard InChI is InChI=1S/C20H30N2O2/c23-19(12-15-6-1-2-7-15)21-14-17-10-5-11-18(17)22-20(24)13-16-8-3-4-9-16/h1,3,6,8,15-18H,2,4-5,7,9-14H2,(H,21,23)(H,22,24)/t15-,16+,17+,18-/m1/s1. The predicted octanol–water partition coefficient (Wildman–Crippen LogP) is 3.10. The average molecular weight is 330 g/mol. The van der Waals surface area contributed by atoms with E-state index < -0.39 is 0 Å². The van der Waals surface area contributed by atoms with Gasteiger partial charge in [-0.15, -0.1) is 0 Å². The fourth-order valence-electron chi connectivity index (χ4n) is 4.26. The molecule has 0 heterocycles. The molecule has 1 fully saturated rings. The summed E-state index contributed by atoms with van der Waals surface area (Å²) in [5.41, 5.74) is 0. The van der Waals surface area contributed by atoms with Gasteiger partial charge >= 0.3 is 0 Å². The van der Waals surface area contributed by atoms with Crippen LogP contribution in [0, 0.1) is 17.8 Å². The molecule has 3 aliphatic rings. The number of nitrogens with one attached hydrogen (secondary N) is 2. The van der Waals surface area contributed by atoms with Crippen LogP contribution in [-0.2, 0) is 9.59 Å². The second-order valence-corrected chi connectivity index (χ2v) is 7.61. The molecule has 4 heteroatoms. The fourth-order valence-corrected chi connectivity index (χ4v) is 4.26. The third kappa shape index (κ3) is 4.96. The van der Waals surface area contributed by atoms with E-state index in [2.05, 4.69) is 34.9 Å². The zero-order valence-corrected chi connectivity index (χ0v) is 14.5. The molecule has 1 saturated carbocycles. The second kappa shape index (κ2) is 8.50. The Morgan fingerprint density at radius 3 is 2.17 bits per heavy atom. The molecule has 0 aromatic carbocycles. The van der Waals surface area contributed by atoms with Crippen molar-refractivity contribution < 1.29 is 9.59 Å². The van der Waals surface area contributed by atoms with E-state index in [1.165, 1.54) is 0 Å². The molecule has 2 amide bonds. The average Bonchev–Trinajstić information content (AvgIpc) is 3.28. The summed E-state index contributed by atoms with van der Waals surface area (Å²) in [4.78, 5) is 24.3. The third-order valence-electron chi connectivity index (χ3n) is 5.69. The number of carbonyl (C=O) groups excluding carboxylic acids is 2. The van der Waals surface area contributed by atoms with E-state index in [9.17, 15) is 9.59 Å². The third-order valence-corrected chi connectivity index (χ3v) is 5.69. The van der Waals surface area contributed by atoms with E-state index in [1.807, 2.05) is 0 Å². The smallest absolute Gasteiger partial charge is 0.220 e. The van der Waals surface area contributed by atoms with Crippen molar-refractivity contribution >= 4 is 11.8 Å². The summed E-state index contributed by atoms with van der Waals surface area (Å²) in [5.74, 6) is 1.55. The van der Waals surface area contributed by atoms with Crippen molar-refractivity contribution in [3.8, 4) is 0 Å². The lowest BCUT2D eigenvalue weighted by atomic mass is 10.0. The molecule has 3 rings (SSSR count). The molecule has 0 radical (unpaired) electrons. The highest BCUT2D eigenvalue weighted by atomic mass is 16.2. The SMILES string of the molecule is O=C(C[C@@H]1C=CCC1)NC[C@@H]1CCC[C@H]1NC(=O)C[C@H]1C=CCC1. The zero-order chi connectivity index (χ0) is 16.8. The normalized spacial score (nSPS) is 31.5. The molecule has 2 N–H and O–H groups in total. The van der Waals surface area contributed by atoms with Crippen LogP contribution >= 0.6 is 0 Å². The van der Waals surface area contributed by atoms with Crippen LogP contribution < -0.4 is 10.6 Å². The molecule has 0 spiro atoms. The zero-order valence-electron chi connectivity index (χ0n) is 14.5. The minimum atomic E-state index is 0.152. The molecule has 4 nitrogen and oxygen atoms in total. The van der Waals surface area contributed by atoms with Crippen molar-refractivity contribution in [3.05, 3.63) is 24.3 Å². The predicted molar refractivity (Wildman–Crippen MR) is 95.2 cm³/mol. The second-order valence-electron chi connectivity index (χ2n) is 7.61. The van der Waals surface area contributed by atoms with Crippen molar-refractivity contribution in [3.63, 3.8) is 0 Å². The van der Waals surface area contributed by atoms with E-state index in [0.717, 1.165) is 44.9 Å². The van der Waals surface area contributed by atoms with Gasteiger partial charge in [-0.3, -0.25) is 9.59 Å². The van der Waals surface area contributed by atoms with E-state index in [1.54, 1.807) is 0 Å². The van der Waals surface area contributed by atoms with Crippen molar-refractivity contribution in [1.82, 2.24) is 10.6 Å². The minimum absolute atomic E-state index is 0.152. The lowest BCUT2D eigenvalue weighted by Crippen LogP contribution is -2.42. The Kier molecular flexibility index (Phi) is 6.11. The molecule has 0 bridgehead atoms. The summed E-state index contributed by atoms with van der Waals surface area (Å²) >= 11 is 0. The lowest BCUT2D eigenvalue weighted by Gasteiger charge is -2.22. The maximum absolute atomic E-state index is 12.2. The Morgan fingerprint density at radius 2 is 1.54 bits per heavy atom. The molecular formula is C20H30N2O2. The summed E-state index contributed by atoms with van der Waals surface area (Å²) in [6.45, 7) is 0.698. The van der Waals surface area contributed by atoms with E-state index in [0.29, 0.717) is 37.1 Å². The molecule has 132 valence electrons. The largest absolute Gasteiger partial charge is 0.356 e. The molecule has 0 aromatic heterocycles. The van der Waals surface area contributed by atoms with Gasteiger partial charge in [0.15, 0.2) is 0 Å². The quantitative estimate of drug-likeness (QED) is 0.705. The molecule has 0 unspecified atom stereocenters. The van der Waals surface area contributed by atoms with Gasteiger partial charge in [-0.2, -0.15) is 0 Å². The Labute approximate surface area is 145 Å². The van der Waals surface area contributed by atoms with Crippen LogP contribution in [0.5, 0.6) is 0 Å². The minimum Gasteiger partial charge on any atom is -0.356 e. The summed E-state index contributed by atoms with van der Waals surface area (Å²) in [6, 6.07) is 0.231. The van der Waals surface area contributed by atoms with Gasteiger partial charge < -0.3 is 10.6 Å². The van der Waals surface area contributed by atoms with E-state index in [-0.39, 0.29) is 17.9 Å². The van der Waals surface area contributed by atoms with E-state index >= 15 is 0 Å². The molecule has 4 atom stereocenters. The maximum Gasteiger partial charge on any atom is 0.220 e. The van der Waals surface area contributed by atoms with Crippen LogP contribution in [-0.4, -0.2) is 24.4 Å². The Morgan fingerprint density at radius 1 is 0.875 bits per heavy atom. The Hall–Kier alpha value is -1.58. The first-order valence-corrected chi connectivity index (χ1v) is 9.60. The first kappa shape index (κ1) is 17.2. The van der Waals surface area contributed by atoms with Gasteiger partial charge in [0.25, 0.3) is 0 Å². The maximum atomic E-state index is 12.2. The van der Waals surface area contributed by atoms with Gasteiger partial charge in [0.2, 0.25) is 11.8 Å². The number of amides is 2. The molecule has 0 saturated heterocycles. The van der Waals surface area contributed by atoms with Crippen LogP contribution in [0.25, 0.3) is 0 Å². The van der Waals surface area contributed by atoms with Crippen LogP contribution in [0.15, 0.2) is 24.3 Å². The number of carbonyl (C=O) groups is 2. The molecule has 24 heavy (non-hydrogen) atoms. The van der Waals surface area contributed by atoms with Gasteiger partial charge in [0.05, 0.1) is 0 Å². The van der Waals surface area contributed by atoms with Crippen molar-refractivity contribution in [2.45, 2.75) is 63.8 Å². The highest BCUT2D eigenvalue weighted by molar-refractivity contribution is 5.77. The first-order chi connectivity index (χ1) is 11.7. The van der Waals surface area contributed by atoms with Gasteiger partial charge in [-0.25, -0.2) is 0 Å². The molecule has 0 aromatic rings. The van der Waals surface area contributed by atoms with Gasteiger partial charge in [-0.05, 0) is 56.3 Å². The topological polar surface area (TPSA) is 58.2 Å². The van der Waals surface area contributed by atoms with Crippen molar-refractivity contribution in [2.24, 2.45) is 17.8 Å². The molecule has 3 aliphatic carbocycles. The van der Waals surface area contributed by atoms with Gasteiger partial charge in [-0.1, -0.05) is 30.7 Å². The first-order valence-electron chi connectivity index (χ1n) is 9.60. The van der Waals surface area contributed by atoms with Gasteiger partial charge in [0, 0.05) is 25.4 Å². The van der Waals surface area contributed by atoms with Crippen molar-refractivity contribution in [1.29, 1.82) is 0 Å². The summed E-state index contributed by atoms with van der Waals surface area (Å²) < 4.78 is 0. The van der Waals surface area contributed by atoms with Crippen LogP contribution in [0.3, 0.4) is 0 Å². The van der Waals surface area contributed by atoms with Crippen LogP contribution in [0.2, 0.25) is 0 Å². The number of allylic oxidation sites excluding steroid dienone is 4. The summed E-state index contributed by atoms with van der Waals surface area (Å²) in [5, 5.41) is 6.31. The number of hydrogen-bond acceptors (Lipinski definition) is 2. The van der Waals surface area contributed by atoms with Crippen molar-refractivity contribution in [2.75, 3.05) is 6.54 Å². The highest BCUT2D eigenvalue weighted by Gasteiger charge is 2.29. The van der Waals surface area contributed by atoms with E-state index in [4.69, 9.17) is 0 Å². The van der Waals surface area contributed by atoms with Crippen LogP contribution in [0.1, 0.15) is 57.8 Å². The Bertz CT molecular complexity index is 512. The summed E-state index contributed by atoms with van der Waals surface area (Å²) in [6.07, 6.45) is 17.6. The monoisotopic (exact) mass is 330 g/mol. The van der Waals surface area contributed by atoms with Gasteiger partial charge in [0.1, 0.15) is 0 Å². The fraction of sp³-hybridized carbons (Fsp3) is 0.700. The lowest BCUT2D eigenvalue weighted by molar-refractivity contribution is -0.122. The van der Waals surface area contributed by atoms with Crippen LogP contribution in [0.4, 0.5) is 0 Å². The molecule has 0 aliphatic heterocycles.